The van der Waals surface area contributed by atoms with Gasteiger partial charge in [-0.1, -0.05) is 13.8 Å². The topological polar surface area (TPSA) is 338 Å². The molecule has 24 heteroatoms. The van der Waals surface area contributed by atoms with Crippen LogP contribution in [0.4, 0.5) is 5.82 Å². The van der Waals surface area contributed by atoms with E-state index >= 15 is 0 Å². The van der Waals surface area contributed by atoms with Gasteiger partial charge in [-0.25, -0.2) is 24.1 Å². The van der Waals surface area contributed by atoms with Crippen molar-refractivity contribution in [2.45, 2.75) is 81.6 Å². The Morgan fingerprint density at radius 2 is 1.78 bits per heavy atom. The summed E-state index contributed by atoms with van der Waals surface area (Å²) in [7, 11) is -9.75. The van der Waals surface area contributed by atoms with Gasteiger partial charge in [0, 0.05) is 6.42 Å². The molecule has 12 atom stereocenters. The van der Waals surface area contributed by atoms with Crippen molar-refractivity contribution in [3.05, 3.63) is 12.7 Å². The highest BCUT2D eigenvalue weighted by Gasteiger charge is 2.49. The molecule has 2 aromatic rings. The molecule has 1 amide bonds. The van der Waals surface area contributed by atoms with Crippen LogP contribution in [0.3, 0.4) is 0 Å². The molecule has 46 heavy (non-hydrogen) atoms. The number of carbonyl (C=O) groups excluding carboxylic acids is 1. The van der Waals surface area contributed by atoms with E-state index in [2.05, 4.69) is 20.0 Å². The van der Waals surface area contributed by atoms with Gasteiger partial charge >= 0.3 is 15.5 Å². The molecule has 2 aliphatic heterocycles. The van der Waals surface area contributed by atoms with Crippen molar-refractivity contribution in [1.29, 1.82) is 0 Å². The molecule has 2 aromatic heterocycles. The Hall–Kier alpha value is -2.24. The van der Waals surface area contributed by atoms with Crippen molar-refractivity contribution in [2.24, 2.45) is 5.92 Å². The van der Waals surface area contributed by atoms with Crippen LogP contribution in [0.5, 0.6) is 0 Å². The minimum Gasteiger partial charge on any atom is -0.394 e. The van der Waals surface area contributed by atoms with E-state index < -0.39 is 102 Å². The molecule has 4 heterocycles. The lowest BCUT2D eigenvalue weighted by molar-refractivity contribution is -0.139. The van der Waals surface area contributed by atoms with Gasteiger partial charge in [-0.3, -0.25) is 28.6 Å². The summed E-state index contributed by atoms with van der Waals surface area (Å²) < 4.78 is 47.0. The van der Waals surface area contributed by atoms with Gasteiger partial charge in [-0.2, -0.15) is 0 Å². The second-order valence-electron chi connectivity index (χ2n) is 10.9. The molecule has 12 unspecified atom stereocenters. The molecule has 0 aliphatic carbocycles. The summed E-state index contributed by atoms with van der Waals surface area (Å²) in [5.74, 6) is -2.21. The smallest absolute Gasteiger partial charge is 0.394 e. The van der Waals surface area contributed by atoms with E-state index in [-0.39, 0.29) is 23.4 Å². The summed E-state index contributed by atoms with van der Waals surface area (Å²) in [5.41, 5.74) is -0.123. The third kappa shape index (κ3) is 8.24. The molecule has 2 saturated heterocycles. The van der Waals surface area contributed by atoms with Crippen molar-refractivity contribution in [2.75, 3.05) is 18.3 Å². The molecule has 0 radical (unpaired) electrons. The van der Waals surface area contributed by atoms with Gasteiger partial charge in [0.25, 0.3) is 5.91 Å². The molecule has 0 saturated carbocycles. The van der Waals surface area contributed by atoms with Crippen LogP contribution in [0.25, 0.3) is 11.2 Å². The lowest BCUT2D eigenvalue weighted by atomic mass is 10.0. The molecular formula is C22H36N6O16P2. The number of nitrogens with zero attached hydrogens (tertiary/aromatic N) is 4. The number of hydrogen-bond donors (Lipinski definition) is 11. The van der Waals surface area contributed by atoms with E-state index in [1.54, 1.807) is 5.09 Å². The number of anilines is 1. The maximum absolute atomic E-state index is 12.8. The average molecular weight is 703 g/mol. The van der Waals surface area contributed by atoms with Crippen molar-refractivity contribution in [3.8, 4) is 0 Å². The number of aromatic nitrogens is 4. The summed E-state index contributed by atoms with van der Waals surface area (Å²) in [6.07, 6.45) is -13.5. The summed E-state index contributed by atoms with van der Waals surface area (Å²) in [4.78, 5) is 44.4. The van der Waals surface area contributed by atoms with Crippen LogP contribution >= 0.6 is 15.5 Å². The number of imidazole rings is 1. The number of nitrogens with one attached hydrogen (secondary N) is 2. The molecule has 0 aromatic carbocycles. The third-order valence-electron chi connectivity index (χ3n) is 7.08. The molecular weight excluding hydrogens is 666 g/mol. The van der Waals surface area contributed by atoms with Gasteiger partial charge in [0.15, 0.2) is 35.6 Å². The molecule has 0 bridgehead atoms. The van der Waals surface area contributed by atoms with Gasteiger partial charge in [-0.05, 0) is 5.92 Å². The number of carbonyl (C=O) groups is 1. The number of aliphatic hydroxyl groups excluding tert-OH is 7. The zero-order chi connectivity index (χ0) is 34.1. The van der Waals surface area contributed by atoms with Crippen LogP contribution < -0.4 is 10.2 Å². The van der Waals surface area contributed by atoms with E-state index in [9.17, 15) is 54.4 Å². The third-order valence-corrected chi connectivity index (χ3v) is 9.07. The first-order valence-corrected chi connectivity index (χ1v) is 16.9. The first-order valence-electron chi connectivity index (χ1n) is 13.7. The van der Waals surface area contributed by atoms with Crippen LogP contribution in [0.15, 0.2) is 12.7 Å². The second kappa shape index (κ2) is 14.5. The number of ether oxygens (including phenoxy) is 2. The standard InChI is InChI=1S/C22H36N6O16P2/c1-8(2)13(32)15(34)20(36)27-45(37,38)41-5-9-3-10(30)21(42-9)28-7-25-12-18(23-6-24-19(12)28)26-46(39,40)44-22-16(35)14(33)17(43-22)11(31)4-29/h6-11,13-17,21-22,29-35H,3-5H2,1-2H3,(H2,27,36,37,38)(H2,23,24,26,39,40). The first kappa shape index (κ1) is 36.6. The Balaban J connectivity index is 1.39. The second-order valence-corrected chi connectivity index (χ2v) is 13.9. The van der Waals surface area contributed by atoms with E-state index in [1.807, 2.05) is 0 Å². The summed E-state index contributed by atoms with van der Waals surface area (Å²) in [6.45, 7) is 1.62. The van der Waals surface area contributed by atoms with E-state index in [4.69, 9.17) is 23.6 Å². The fourth-order valence-electron chi connectivity index (χ4n) is 4.63. The normalized spacial score (nSPS) is 31.3. The van der Waals surface area contributed by atoms with E-state index in [1.165, 1.54) is 18.4 Å². The minimum absolute atomic E-state index is 0.0142. The zero-order valence-electron chi connectivity index (χ0n) is 24.2. The zero-order valence-corrected chi connectivity index (χ0v) is 26.0. The van der Waals surface area contributed by atoms with Crippen LogP contribution in [-0.2, 0) is 32.4 Å². The summed E-state index contributed by atoms with van der Waals surface area (Å²) in [5, 5.41) is 73.0. The molecule has 22 nitrogen and oxygen atoms in total. The number of fused-ring (bicyclic) bond motifs is 1. The van der Waals surface area contributed by atoms with Crippen molar-refractivity contribution in [1.82, 2.24) is 24.6 Å². The number of rotatable bonds is 14. The SMILES string of the molecule is CC(C)C(O)C(O)C(=O)NP(=O)(O)OCC1CC(O)C(n2cnc3c(NP(=O)(O)OC4OC(C(O)CO)C(O)C4O)ncnc32)O1. The lowest BCUT2D eigenvalue weighted by Gasteiger charge is -2.22. The molecule has 4 rings (SSSR count). The Labute approximate surface area is 259 Å². The van der Waals surface area contributed by atoms with Crippen LogP contribution in [0.2, 0.25) is 0 Å². The van der Waals surface area contributed by atoms with Gasteiger partial charge < -0.3 is 55.0 Å². The fraction of sp³-hybridized carbons (Fsp3) is 0.727. The van der Waals surface area contributed by atoms with Crippen molar-refractivity contribution in [3.63, 3.8) is 0 Å². The number of aliphatic hydroxyl groups is 7. The Bertz CT molecular complexity index is 1470. The average Bonchev–Trinajstić information content (AvgIpc) is 3.66. The van der Waals surface area contributed by atoms with E-state index in [0.29, 0.717) is 0 Å². The number of amides is 1. The highest BCUT2D eigenvalue weighted by atomic mass is 31.2. The number of hydrogen-bond acceptors (Lipinski definition) is 17. The molecule has 0 spiro atoms. The summed E-state index contributed by atoms with van der Waals surface area (Å²) >= 11 is 0. The Morgan fingerprint density at radius 3 is 2.43 bits per heavy atom. The molecule has 2 fully saturated rings. The largest absolute Gasteiger partial charge is 0.433 e. The minimum atomic E-state index is -4.92. The maximum Gasteiger partial charge on any atom is 0.433 e. The van der Waals surface area contributed by atoms with Crippen LogP contribution in [-0.4, -0.2) is 139 Å². The van der Waals surface area contributed by atoms with Crippen LogP contribution in [0.1, 0.15) is 26.5 Å². The summed E-state index contributed by atoms with van der Waals surface area (Å²) in [6, 6.07) is 0. The maximum atomic E-state index is 12.8. The predicted molar refractivity (Wildman–Crippen MR) is 149 cm³/mol. The monoisotopic (exact) mass is 702 g/mol. The van der Waals surface area contributed by atoms with Crippen molar-refractivity contribution < 1.29 is 78.0 Å². The van der Waals surface area contributed by atoms with Crippen LogP contribution in [0, 0.1) is 5.92 Å². The van der Waals surface area contributed by atoms with Gasteiger partial charge in [0.1, 0.15) is 36.8 Å². The van der Waals surface area contributed by atoms with E-state index in [0.717, 1.165) is 12.7 Å². The molecule has 11 N–H and O–H groups in total. The highest BCUT2D eigenvalue weighted by molar-refractivity contribution is 7.54. The first-order chi connectivity index (χ1) is 21.4. The fourth-order valence-corrected chi connectivity index (χ4v) is 6.41. The van der Waals surface area contributed by atoms with Gasteiger partial charge in [0.2, 0.25) is 0 Å². The Morgan fingerprint density at radius 1 is 1.09 bits per heavy atom. The highest BCUT2D eigenvalue weighted by Crippen LogP contribution is 2.46. The van der Waals surface area contributed by atoms with Gasteiger partial charge in [0.05, 0.1) is 31.7 Å². The molecule has 260 valence electrons. The van der Waals surface area contributed by atoms with Crippen molar-refractivity contribution >= 4 is 38.4 Å². The quantitative estimate of drug-likeness (QED) is 0.0847. The molecule has 2 aliphatic rings. The Kier molecular flexibility index (Phi) is 11.5. The lowest BCUT2D eigenvalue weighted by Crippen LogP contribution is -2.43. The predicted octanol–water partition coefficient (Wildman–Crippen LogP) is -3.59. The van der Waals surface area contributed by atoms with Gasteiger partial charge in [-0.15, -0.1) is 0 Å².